The summed E-state index contributed by atoms with van der Waals surface area (Å²) in [5, 5.41) is 2.85. The van der Waals surface area contributed by atoms with Crippen molar-refractivity contribution in [3.8, 4) is 5.88 Å². The van der Waals surface area contributed by atoms with E-state index in [-0.39, 0.29) is 37.0 Å². The van der Waals surface area contributed by atoms with Gasteiger partial charge < -0.3 is 15.0 Å². The first-order valence-corrected chi connectivity index (χ1v) is 10.0. The van der Waals surface area contributed by atoms with Gasteiger partial charge in [-0.25, -0.2) is 9.37 Å². The van der Waals surface area contributed by atoms with E-state index in [1.807, 2.05) is 30.3 Å². The number of rotatable bonds is 7. The molecule has 31 heavy (non-hydrogen) atoms. The number of carbonyl (C=O) groups excluding carboxylic acids is 2. The fourth-order valence-corrected chi connectivity index (χ4v) is 3.49. The van der Waals surface area contributed by atoms with Crippen molar-refractivity contribution >= 4 is 17.5 Å². The minimum Gasteiger partial charge on any atom is -0.473 e. The minimum absolute atomic E-state index is 0.0575. The minimum atomic E-state index is -0.525. The van der Waals surface area contributed by atoms with Gasteiger partial charge in [-0.1, -0.05) is 42.5 Å². The molecule has 1 fully saturated rings. The summed E-state index contributed by atoms with van der Waals surface area (Å²) in [5.41, 5.74) is 2.08. The van der Waals surface area contributed by atoms with Crippen molar-refractivity contribution < 1.29 is 18.7 Å². The molecule has 6 nitrogen and oxygen atoms in total. The van der Waals surface area contributed by atoms with E-state index >= 15 is 0 Å². The average Bonchev–Trinajstić information content (AvgIpc) is 3.19. The molecule has 1 aliphatic rings. The molecule has 2 amide bonds. The maximum atomic E-state index is 14.0. The number of pyridine rings is 1. The monoisotopic (exact) mass is 419 g/mol. The summed E-state index contributed by atoms with van der Waals surface area (Å²) in [7, 11) is 0. The van der Waals surface area contributed by atoms with Crippen LogP contribution < -0.4 is 15.0 Å². The van der Waals surface area contributed by atoms with Gasteiger partial charge in [0, 0.05) is 31.8 Å². The molecule has 1 aromatic heterocycles. The number of halogens is 1. The van der Waals surface area contributed by atoms with Crippen LogP contribution in [0.25, 0.3) is 0 Å². The zero-order valence-corrected chi connectivity index (χ0v) is 16.8. The number of hydrogen-bond acceptors (Lipinski definition) is 4. The topological polar surface area (TPSA) is 71.5 Å². The summed E-state index contributed by atoms with van der Waals surface area (Å²) in [4.78, 5) is 30.4. The normalized spacial score (nSPS) is 15.7. The van der Waals surface area contributed by atoms with E-state index in [1.54, 1.807) is 36.5 Å². The smallest absolute Gasteiger partial charge is 0.227 e. The summed E-state index contributed by atoms with van der Waals surface area (Å²) in [6, 6.07) is 19.4. The molecule has 0 saturated carbocycles. The second kappa shape index (κ2) is 9.38. The van der Waals surface area contributed by atoms with Crippen molar-refractivity contribution in [2.45, 2.75) is 19.6 Å². The molecule has 1 saturated heterocycles. The third-order valence-corrected chi connectivity index (χ3v) is 5.13. The summed E-state index contributed by atoms with van der Waals surface area (Å²) < 4.78 is 19.7. The first-order chi connectivity index (χ1) is 15.1. The fourth-order valence-electron chi connectivity index (χ4n) is 3.49. The lowest BCUT2D eigenvalue weighted by molar-refractivity contribution is -0.126. The SMILES string of the molecule is O=C(NCc1ccnc(OCc2ccccc2)c1)C1CC(=O)N(c2ccccc2F)C1. The first kappa shape index (κ1) is 20.5. The molecule has 0 spiro atoms. The lowest BCUT2D eigenvalue weighted by atomic mass is 10.1. The Hall–Kier alpha value is -3.74. The number of nitrogens with one attached hydrogen (secondary N) is 1. The second-order valence-corrected chi connectivity index (χ2v) is 7.35. The zero-order chi connectivity index (χ0) is 21.6. The molecule has 7 heteroatoms. The molecule has 0 radical (unpaired) electrons. The van der Waals surface area contributed by atoms with Crippen LogP contribution in [-0.4, -0.2) is 23.3 Å². The number of nitrogens with zero attached hydrogens (tertiary/aromatic N) is 2. The number of hydrogen-bond donors (Lipinski definition) is 1. The van der Waals surface area contributed by atoms with Crippen molar-refractivity contribution in [3.05, 3.63) is 89.9 Å². The molecule has 158 valence electrons. The highest BCUT2D eigenvalue weighted by molar-refractivity contribution is 6.00. The Bertz CT molecular complexity index is 1070. The summed E-state index contributed by atoms with van der Waals surface area (Å²) in [5.74, 6) is -1.03. The standard InChI is InChI=1S/C24H22FN3O3/c25-20-8-4-5-9-21(20)28-15-19(13-23(28)29)24(30)27-14-18-10-11-26-22(12-18)31-16-17-6-2-1-3-7-17/h1-12,19H,13-16H2,(H,27,30). The van der Waals surface area contributed by atoms with E-state index in [9.17, 15) is 14.0 Å². The highest BCUT2D eigenvalue weighted by atomic mass is 19.1. The number of para-hydroxylation sites is 1. The molecule has 0 bridgehead atoms. The van der Waals surface area contributed by atoms with E-state index in [0.717, 1.165) is 11.1 Å². The summed E-state index contributed by atoms with van der Waals surface area (Å²) >= 11 is 0. The lowest BCUT2D eigenvalue weighted by Gasteiger charge is -2.17. The van der Waals surface area contributed by atoms with Crippen molar-refractivity contribution in [2.24, 2.45) is 5.92 Å². The molecule has 1 unspecified atom stereocenters. The second-order valence-electron chi connectivity index (χ2n) is 7.35. The predicted octanol–water partition coefficient (Wildman–Crippen LogP) is 3.47. The van der Waals surface area contributed by atoms with E-state index in [1.165, 1.54) is 11.0 Å². The van der Waals surface area contributed by atoms with Crippen molar-refractivity contribution in [3.63, 3.8) is 0 Å². The Labute approximate surface area is 179 Å². The Kier molecular flexibility index (Phi) is 6.21. The van der Waals surface area contributed by atoms with Gasteiger partial charge in [-0.15, -0.1) is 0 Å². The molecule has 1 atom stereocenters. The molecule has 2 aromatic carbocycles. The van der Waals surface area contributed by atoms with Crippen LogP contribution >= 0.6 is 0 Å². The fraction of sp³-hybridized carbons (Fsp3) is 0.208. The van der Waals surface area contributed by atoms with Crippen molar-refractivity contribution in [1.29, 1.82) is 0 Å². The molecule has 1 aliphatic heterocycles. The molecule has 4 rings (SSSR count). The Morgan fingerprint density at radius 1 is 1.10 bits per heavy atom. The number of ether oxygens (including phenoxy) is 1. The van der Waals surface area contributed by atoms with Crippen LogP contribution in [0.2, 0.25) is 0 Å². The van der Waals surface area contributed by atoms with Gasteiger partial charge >= 0.3 is 0 Å². The van der Waals surface area contributed by atoms with Crippen LogP contribution in [0.5, 0.6) is 5.88 Å². The number of aromatic nitrogens is 1. The van der Waals surface area contributed by atoms with Gasteiger partial charge in [0.2, 0.25) is 17.7 Å². The van der Waals surface area contributed by atoms with Crippen LogP contribution in [0.15, 0.2) is 72.9 Å². The van der Waals surface area contributed by atoms with Gasteiger partial charge in [0.05, 0.1) is 11.6 Å². The van der Waals surface area contributed by atoms with Crippen molar-refractivity contribution in [1.82, 2.24) is 10.3 Å². The number of benzene rings is 2. The maximum absolute atomic E-state index is 14.0. The first-order valence-electron chi connectivity index (χ1n) is 10.0. The molecule has 2 heterocycles. The molecule has 0 aliphatic carbocycles. The van der Waals surface area contributed by atoms with Crippen LogP contribution in [0, 0.1) is 11.7 Å². The molecule has 3 aromatic rings. The van der Waals surface area contributed by atoms with Gasteiger partial charge in [-0.3, -0.25) is 9.59 Å². The van der Waals surface area contributed by atoms with E-state index in [2.05, 4.69) is 10.3 Å². The van der Waals surface area contributed by atoms with Crippen molar-refractivity contribution in [2.75, 3.05) is 11.4 Å². The highest BCUT2D eigenvalue weighted by Gasteiger charge is 2.35. The Morgan fingerprint density at radius 3 is 2.68 bits per heavy atom. The third-order valence-electron chi connectivity index (χ3n) is 5.13. The average molecular weight is 419 g/mol. The third kappa shape index (κ3) is 5.06. The van der Waals surface area contributed by atoms with E-state index in [4.69, 9.17) is 4.74 Å². The maximum Gasteiger partial charge on any atom is 0.227 e. The van der Waals surface area contributed by atoms with Crippen LogP contribution in [-0.2, 0) is 22.7 Å². The summed E-state index contributed by atoms with van der Waals surface area (Å²) in [6.45, 7) is 0.848. The number of carbonyl (C=O) groups is 2. The van der Waals surface area contributed by atoms with Gasteiger partial charge in [-0.05, 0) is 29.3 Å². The number of anilines is 1. The zero-order valence-electron chi connectivity index (χ0n) is 16.8. The van der Waals surface area contributed by atoms with E-state index < -0.39 is 11.7 Å². The predicted molar refractivity (Wildman–Crippen MR) is 114 cm³/mol. The van der Waals surface area contributed by atoms with Crippen LogP contribution in [0.4, 0.5) is 10.1 Å². The van der Waals surface area contributed by atoms with Gasteiger partial charge in [0.25, 0.3) is 0 Å². The highest BCUT2D eigenvalue weighted by Crippen LogP contribution is 2.27. The Morgan fingerprint density at radius 2 is 1.87 bits per heavy atom. The Balaban J connectivity index is 1.32. The van der Waals surface area contributed by atoms with Crippen LogP contribution in [0.1, 0.15) is 17.5 Å². The van der Waals surface area contributed by atoms with Gasteiger partial charge in [0.15, 0.2) is 0 Å². The largest absolute Gasteiger partial charge is 0.473 e. The van der Waals surface area contributed by atoms with Gasteiger partial charge in [0.1, 0.15) is 12.4 Å². The van der Waals surface area contributed by atoms with Gasteiger partial charge in [-0.2, -0.15) is 0 Å². The molecule has 1 N–H and O–H groups in total. The van der Waals surface area contributed by atoms with Crippen LogP contribution in [0.3, 0.4) is 0 Å². The number of amides is 2. The molecular weight excluding hydrogens is 397 g/mol. The molecular formula is C24H22FN3O3. The lowest BCUT2D eigenvalue weighted by Crippen LogP contribution is -2.32. The van der Waals surface area contributed by atoms with E-state index in [0.29, 0.717) is 12.5 Å². The summed E-state index contributed by atoms with van der Waals surface area (Å²) in [6.07, 6.45) is 1.68. The quantitative estimate of drug-likeness (QED) is 0.637.